The van der Waals surface area contributed by atoms with Crippen LogP contribution in [0, 0.1) is 5.92 Å². The SMILES string of the molecule is OCC1CCC(OCCCC(F)(F)F)CC1. The number of ether oxygens (including phenoxy) is 1. The molecule has 16 heavy (non-hydrogen) atoms. The molecule has 0 aromatic carbocycles. The average molecular weight is 240 g/mol. The molecule has 1 aliphatic carbocycles. The number of alkyl halides is 3. The minimum Gasteiger partial charge on any atom is -0.396 e. The highest BCUT2D eigenvalue weighted by Gasteiger charge is 2.26. The summed E-state index contributed by atoms with van der Waals surface area (Å²) < 4.78 is 40.9. The first-order valence-corrected chi connectivity index (χ1v) is 5.80. The third kappa shape index (κ3) is 5.70. The van der Waals surface area contributed by atoms with Crippen molar-refractivity contribution in [1.29, 1.82) is 0 Å². The molecule has 0 aromatic heterocycles. The van der Waals surface area contributed by atoms with Gasteiger partial charge in [-0.25, -0.2) is 0 Å². The van der Waals surface area contributed by atoms with Crippen molar-refractivity contribution >= 4 is 0 Å². The Bertz CT molecular complexity index is 186. The lowest BCUT2D eigenvalue weighted by molar-refractivity contribution is -0.139. The second-order valence-corrected chi connectivity index (χ2v) is 4.41. The molecule has 0 heterocycles. The molecule has 5 heteroatoms. The molecule has 0 aromatic rings. The van der Waals surface area contributed by atoms with Gasteiger partial charge in [-0.15, -0.1) is 0 Å². The van der Waals surface area contributed by atoms with Crippen LogP contribution in [-0.4, -0.2) is 30.6 Å². The van der Waals surface area contributed by atoms with Gasteiger partial charge in [-0.05, 0) is 38.0 Å². The summed E-state index contributed by atoms with van der Waals surface area (Å²) in [5.41, 5.74) is 0. The van der Waals surface area contributed by atoms with Gasteiger partial charge in [-0.2, -0.15) is 13.2 Å². The van der Waals surface area contributed by atoms with E-state index in [0.29, 0.717) is 5.92 Å². The fraction of sp³-hybridized carbons (Fsp3) is 1.00. The zero-order chi connectivity index (χ0) is 12.0. The lowest BCUT2D eigenvalue weighted by atomic mass is 9.88. The number of hydrogen-bond donors (Lipinski definition) is 1. The van der Waals surface area contributed by atoms with Gasteiger partial charge in [-0.3, -0.25) is 0 Å². The first-order chi connectivity index (χ1) is 7.51. The molecule has 0 bridgehead atoms. The Labute approximate surface area is 93.8 Å². The van der Waals surface area contributed by atoms with Crippen LogP contribution in [0.4, 0.5) is 13.2 Å². The molecular formula is C11H19F3O2. The van der Waals surface area contributed by atoms with Gasteiger partial charge in [0.2, 0.25) is 0 Å². The fourth-order valence-electron chi connectivity index (χ4n) is 2.00. The molecule has 96 valence electrons. The highest BCUT2D eigenvalue weighted by Crippen LogP contribution is 2.26. The van der Waals surface area contributed by atoms with Crippen molar-refractivity contribution in [3.63, 3.8) is 0 Å². The van der Waals surface area contributed by atoms with Crippen LogP contribution in [-0.2, 0) is 4.74 Å². The van der Waals surface area contributed by atoms with E-state index in [1.807, 2.05) is 0 Å². The number of hydrogen-bond acceptors (Lipinski definition) is 2. The van der Waals surface area contributed by atoms with E-state index in [1.165, 1.54) is 0 Å². The van der Waals surface area contributed by atoms with Crippen LogP contribution < -0.4 is 0 Å². The van der Waals surface area contributed by atoms with Crippen molar-refractivity contribution in [1.82, 2.24) is 0 Å². The molecule has 1 N–H and O–H groups in total. The summed E-state index contributed by atoms with van der Waals surface area (Å²) in [5, 5.41) is 8.92. The van der Waals surface area contributed by atoms with Gasteiger partial charge < -0.3 is 9.84 Å². The van der Waals surface area contributed by atoms with E-state index in [-0.39, 0.29) is 25.7 Å². The van der Waals surface area contributed by atoms with Gasteiger partial charge in [0.15, 0.2) is 0 Å². The highest BCUT2D eigenvalue weighted by molar-refractivity contribution is 4.72. The Hall–Kier alpha value is -0.290. The highest BCUT2D eigenvalue weighted by atomic mass is 19.4. The molecule has 1 aliphatic rings. The van der Waals surface area contributed by atoms with E-state index < -0.39 is 12.6 Å². The summed E-state index contributed by atoms with van der Waals surface area (Å²) in [6.07, 6.45) is -1.15. The van der Waals surface area contributed by atoms with Crippen molar-refractivity contribution in [2.45, 2.75) is 50.8 Å². The van der Waals surface area contributed by atoms with E-state index in [1.54, 1.807) is 0 Å². The van der Waals surface area contributed by atoms with Crippen LogP contribution in [0.2, 0.25) is 0 Å². The maximum atomic E-state index is 11.8. The molecule has 0 aliphatic heterocycles. The Kier molecular flexibility index (Phi) is 5.55. The first-order valence-electron chi connectivity index (χ1n) is 5.80. The van der Waals surface area contributed by atoms with E-state index in [2.05, 4.69) is 0 Å². The molecule has 0 radical (unpaired) electrons. The minimum atomic E-state index is -4.07. The van der Waals surface area contributed by atoms with Crippen LogP contribution in [0.15, 0.2) is 0 Å². The largest absolute Gasteiger partial charge is 0.396 e. The summed E-state index contributed by atoms with van der Waals surface area (Å²) >= 11 is 0. The van der Waals surface area contributed by atoms with Crippen molar-refractivity contribution < 1.29 is 23.0 Å². The number of halogens is 3. The Morgan fingerprint density at radius 3 is 2.25 bits per heavy atom. The molecule has 0 amide bonds. The van der Waals surface area contributed by atoms with Gasteiger partial charge in [0, 0.05) is 19.6 Å². The monoisotopic (exact) mass is 240 g/mol. The number of aliphatic hydroxyl groups is 1. The molecule has 0 atom stereocenters. The zero-order valence-electron chi connectivity index (χ0n) is 9.30. The van der Waals surface area contributed by atoms with Crippen LogP contribution in [0.25, 0.3) is 0 Å². The molecule has 1 fully saturated rings. The normalized spacial score (nSPS) is 27.0. The Morgan fingerprint density at radius 2 is 1.75 bits per heavy atom. The molecular weight excluding hydrogens is 221 g/mol. The first kappa shape index (κ1) is 13.8. The smallest absolute Gasteiger partial charge is 0.389 e. The molecule has 1 rings (SSSR count). The molecule has 0 spiro atoms. The Morgan fingerprint density at radius 1 is 1.12 bits per heavy atom. The van der Waals surface area contributed by atoms with Crippen molar-refractivity contribution in [2.75, 3.05) is 13.2 Å². The van der Waals surface area contributed by atoms with Crippen LogP contribution in [0.1, 0.15) is 38.5 Å². The number of rotatable bonds is 5. The molecule has 0 saturated heterocycles. The fourth-order valence-corrected chi connectivity index (χ4v) is 2.00. The average Bonchev–Trinajstić information content (AvgIpc) is 2.24. The van der Waals surface area contributed by atoms with Crippen molar-refractivity contribution in [2.24, 2.45) is 5.92 Å². The summed E-state index contributed by atoms with van der Waals surface area (Å²) in [6, 6.07) is 0. The lowest BCUT2D eigenvalue weighted by Crippen LogP contribution is -2.24. The van der Waals surface area contributed by atoms with Crippen LogP contribution >= 0.6 is 0 Å². The maximum absolute atomic E-state index is 11.8. The molecule has 0 unspecified atom stereocenters. The van der Waals surface area contributed by atoms with Gasteiger partial charge >= 0.3 is 6.18 Å². The third-order valence-corrected chi connectivity index (χ3v) is 3.01. The maximum Gasteiger partial charge on any atom is 0.389 e. The predicted octanol–water partition coefficient (Wildman–Crippen LogP) is 2.90. The van der Waals surface area contributed by atoms with Gasteiger partial charge in [0.05, 0.1) is 6.10 Å². The van der Waals surface area contributed by atoms with E-state index in [4.69, 9.17) is 9.84 Å². The summed E-state index contributed by atoms with van der Waals surface area (Å²) in [6.45, 7) is 0.398. The van der Waals surface area contributed by atoms with Gasteiger partial charge in [0.1, 0.15) is 0 Å². The topological polar surface area (TPSA) is 29.5 Å². The zero-order valence-corrected chi connectivity index (χ0v) is 9.30. The summed E-state index contributed by atoms with van der Waals surface area (Å²) in [4.78, 5) is 0. The Balaban J connectivity index is 2.02. The van der Waals surface area contributed by atoms with E-state index in [9.17, 15) is 13.2 Å². The van der Waals surface area contributed by atoms with E-state index >= 15 is 0 Å². The quantitative estimate of drug-likeness (QED) is 0.749. The summed E-state index contributed by atoms with van der Waals surface area (Å²) in [7, 11) is 0. The summed E-state index contributed by atoms with van der Waals surface area (Å²) in [5.74, 6) is 0.357. The molecule has 2 nitrogen and oxygen atoms in total. The van der Waals surface area contributed by atoms with Crippen molar-refractivity contribution in [3.05, 3.63) is 0 Å². The predicted molar refractivity (Wildman–Crippen MR) is 54.1 cm³/mol. The van der Waals surface area contributed by atoms with Crippen LogP contribution in [0.5, 0.6) is 0 Å². The molecule has 1 saturated carbocycles. The second-order valence-electron chi connectivity index (χ2n) is 4.41. The number of aliphatic hydroxyl groups excluding tert-OH is 1. The van der Waals surface area contributed by atoms with Gasteiger partial charge in [-0.1, -0.05) is 0 Å². The minimum absolute atomic E-state index is 0.0451. The second kappa shape index (κ2) is 6.45. The van der Waals surface area contributed by atoms with E-state index in [0.717, 1.165) is 25.7 Å². The third-order valence-electron chi connectivity index (χ3n) is 3.01. The standard InChI is InChI=1S/C11H19F3O2/c12-11(13,14)6-1-7-16-10-4-2-9(8-15)3-5-10/h9-10,15H,1-8H2. The van der Waals surface area contributed by atoms with Gasteiger partial charge in [0.25, 0.3) is 0 Å². The van der Waals surface area contributed by atoms with Crippen LogP contribution in [0.3, 0.4) is 0 Å². The van der Waals surface area contributed by atoms with Crippen molar-refractivity contribution in [3.8, 4) is 0 Å². The lowest BCUT2D eigenvalue weighted by Gasteiger charge is -2.27.